The fourth-order valence-corrected chi connectivity index (χ4v) is 2.12. The molecule has 1 aromatic heterocycles. The van der Waals surface area contributed by atoms with Gasteiger partial charge in [0.1, 0.15) is 5.75 Å². The number of aromatic nitrogens is 3. The van der Waals surface area contributed by atoms with Crippen molar-refractivity contribution in [3.8, 4) is 11.8 Å². The Morgan fingerprint density at radius 1 is 1.19 bits per heavy atom. The second kappa shape index (κ2) is 5.85. The van der Waals surface area contributed by atoms with Crippen LogP contribution < -0.4 is 10.5 Å². The Morgan fingerprint density at radius 2 is 1.90 bits per heavy atom. The molecule has 0 spiro atoms. The summed E-state index contributed by atoms with van der Waals surface area (Å²) in [6.45, 7) is 8.50. The molecule has 0 aliphatic rings. The third-order valence-corrected chi connectivity index (χ3v) is 3.24. The Kier molecular flexibility index (Phi) is 4.32. The number of hydrogen-bond acceptors (Lipinski definition) is 5. The number of ether oxygens (including phenoxy) is 1. The molecule has 1 aromatic carbocycles. The number of nitrogen functional groups attached to an aromatic ring is 1. The first kappa shape index (κ1) is 15.5. The number of aryl methyl sites for hydroxylation is 1. The van der Waals surface area contributed by atoms with E-state index >= 15 is 0 Å². The highest BCUT2D eigenvalue weighted by atomic mass is 35.5. The highest BCUT2D eigenvalue weighted by Gasteiger charge is 2.20. The van der Waals surface area contributed by atoms with E-state index in [2.05, 4.69) is 48.7 Å². The molecule has 0 amide bonds. The average Bonchev–Trinajstić information content (AvgIpc) is 2.36. The largest absolute Gasteiger partial charge is 0.424 e. The fourth-order valence-electron chi connectivity index (χ4n) is 1.96. The number of halogens is 1. The third-order valence-electron chi connectivity index (χ3n) is 3.07. The zero-order valence-electron chi connectivity index (χ0n) is 12.6. The van der Waals surface area contributed by atoms with E-state index in [4.69, 9.17) is 22.1 Å². The van der Waals surface area contributed by atoms with Gasteiger partial charge in [-0.25, -0.2) is 0 Å². The lowest BCUT2D eigenvalue weighted by Crippen LogP contribution is -2.13. The van der Waals surface area contributed by atoms with E-state index in [-0.39, 0.29) is 22.7 Å². The predicted molar refractivity (Wildman–Crippen MR) is 83.8 cm³/mol. The number of nitrogens with zero attached hydrogens (tertiary/aromatic N) is 3. The summed E-state index contributed by atoms with van der Waals surface area (Å²) in [4.78, 5) is 11.6. The quantitative estimate of drug-likeness (QED) is 0.934. The topological polar surface area (TPSA) is 73.9 Å². The van der Waals surface area contributed by atoms with E-state index in [9.17, 15) is 0 Å². The lowest BCUT2D eigenvalue weighted by atomic mass is 9.85. The highest BCUT2D eigenvalue weighted by Crippen LogP contribution is 2.34. The fraction of sp³-hybridized carbons (Fsp3) is 0.400. The second-order valence-electron chi connectivity index (χ2n) is 5.78. The minimum Gasteiger partial charge on any atom is -0.424 e. The molecule has 6 heteroatoms. The van der Waals surface area contributed by atoms with Crippen LogP contribution in [0.1, 0.15) is 38.8 Å². The van der Waals surface area contributed by atoms with Crippen LogP contribution in [0.25, 0.3) is 0 Å². The Hall–Kier alpha value is -1.88. The summed E-state index contributed by atoms with van der Waals surface area (Å²) in [5.74, 6) is 0.730. The van der Waals surface area contributed by atoms with Crippen molar-refractivity contribution in [1.29, 1.82) is 0 Å². The number of rotatable bonds is 3. The van der Waals surface area contributed by atoms with Crippen molar-refractivity contribution >= 4 is 17.5 Å². The standard InChI is InChI=1S/C15H19ClN4O/c1-5-9-6-7-11(10(8-9)15(2,3)4)21-14-19-12(16)18-13(17)20-14/h6-8H,5H2,1-4H3,(H2,17,18,19,20). The average molecular weight is 307 g/mol. The predicted octanol–water partition coefficient (Wildman–Crippen LogP) is 3.76. The third kappa shape index (κ3) is 3.82. The molecule has 0 bridgehead atoms. The molecule has 112 valence electrons. The maximum atomic E-state index is 5.77. The van der Waals surface area contributed by atoms with Crippen LogP contribution in [0.2, 0.25) is 5.28 Å². The summed E-state index contributed by atoms with van der Waals surface area (Å²) in [7, 11) is 0. The Balaban J connectivity index is 2.43. The van der Waals surface area contributed by atoms with Crippen LogP contribution in [0.15, 0.2) is 18.2 Å². The van der Waals surface area contributed by atoms with Crippen molar-refractivity contribution in [1.82, 2.24) is 15.0 Å². The first-order valence-corrected chi connectivity index (χ1v) is 7.15. The van der Waals surface area contributed by atoms with Gasteiger partial charge >= 0.3 is 6.01 Å². The molecule has 0 aliphatic heterocycles. The summed E-state index contributed by atoms with van der Waals surface area (Å²) >= 11 is 5.77. The van der Waals surface area contributed by atoms with Gasteiger partial charge in [-0.3, -0.25) is 0 Å². The molecule has 21 heavy (non-hydrogen) atoms. The minimum absolute atomic E-state index is 0.0139. The van der Waals surface area contributed by atoms with Gasteiger partial charge in [0.05, 0.1) is 0 Å². The van der Waals surface area contributed by atoms with Crippen LogP contribution in [-0.4, -0.2) is 15.0 Å². The highest BCUT2D eigenvalue weighted by molar-refractivity contribution is 6.28. The normalized spacial score (nSPS) is 11.5. The van der Waals surface area contributed by atoms with E-state index in [1.807, 2.05) is 12.1 Å². The molecule has 0 fully saturated rings. The van der Waals surface area contributed by atoms with Crippen molar-refractivity contribution < 1.29 is 4.74 Å². The number of anilines is 1. The first-order chi connectivity index (χ1) is 9.79. The summed E-state index contributed by atoms with van der Waals surface area (Å²) < 4.78 is 5.77. The van der Waals surface area contributed by atoms with E-state index in [0.717, 1.165) is 12.0 Å². The zero-order valence-corrected chi connectivity index (χ0v) is 13.4. The van der Waals surface area contributed by atoms with Gasteiger partial charge in [0, 0.05) is 5.56 Å². The van der Waals surface area contributed by atoms with Gasteiger partial charge in [-0.15, -0.1) is 0 Å². The van der Waals surface area contributed by atoms with Crippen molar-refractivity contribution in [3.05, 3.63) is 34.6 Å². The van der Waals surface area contributed by atoms with Crippen LogP contribution in [0, 0.1) is 0 Å². The van der Waals surface area contributed by atoms with Gasteiger partial charge in [0.25, 0.3) is 0 Å². The van der Waals surface area contributed by atoms with Crippen molar-refractivity contribution in [2.24, 2.45) is 0 Å². The maximum absolute atomic E-state index is 5.77. The van der Waals surface area contributed by atoms with Crippen molar-refractivity contribution in [2.75, 3.05) is 5.73 Å². The smallest absolute Gasteiger partial charge is 0.328 e. The van der Waals surface area contributed by atoms with Crippen LogP contribution in [0.4, 0.5) is 5.95 Å². The molecule has 1 heterocycles. The first-order valence-electron chi connectivity index (χ1n) is 6.78. The molecule has 5 nitrogen and oxygen atoms in total. The Bertz CT molecular complexity index is 632. The van der Waals surface area contributed by atoms with E-state index in [0.29, 0.717) is 5.75 Å². The van der Waals surface area contributed by atoms with Crippen LogP contribution in [0.3, 0.4) is 0 Å². The summed E-state index contributed by atoms with van der Waals surface area (Å²) in [5, 5.41) is 0.0139. The molecule has 0 saturated heterocycles. The van der Waals surface area contributed by atoms with Gasteiger partial charge in [0.2, 0.25) is 11.2 Å². The van der Waals surface area contributed by atoms with Gasteiger partial charge in [0.15, 0.2) is 0 Å². The van der Waals surface area contributed by atoms with Gasteiger partial charge in [-0.05, 0) is 35.1 Å². The van der Waals surface area contributed by atoms with Crippen molar-refractivity contribution in [2.45, 2.75) is 39.5 Å². The number of benzene rings is 1. The zero-order chi connectivity index (χ0) is 15.6. The Labute approximate surface area is 129 Å². The lowest BCUT2D eigenvalue weighted by molar-refractivity contribution is 0.421. The summed E-state index contributed by atoms with van der Waals surface area (Å²) in [6, 6.07) is 6.19. The molecule has 2 N–H and O–H groups in total. The van der Waals surface area contributed by atoms with E-state index in [1.165, 1.54) is 5.56 Å². The molecular weight excluding hydrogens is 288 g/mol. The molecular formula is C15H19ClN4O. The van der Waals surface area contributed by atoms with Crippen LogP contribution >= 0.6 is 11.6 Å². The molecule has 0 unspecified atom stereocenters. The Morgan fingerprint density at radius 3 is 2.48 bits per heavy atom. The molecule has 0 radical (unpaired) electrons. The number of nitrogens with two attached hydrogens (primary N) is 1. The summed E-state index contributed by atoms with van der Waals surface area (Å²) in [5.41, 5.74) is 7.82. The SMILES string of the molecule is CCc1ccc(Oc2nc(N)nc(Cl)n2)c(C(C)(C)C)c1. The molecule has 0 atom stereocenters. The van der Waals surface area contributed by atoms with Gasteiger partial charge in [-0.1, -0.05) is 39.8 Å². The van der Waals surface area contributed by atoms with Gasteiger partial charge in [-0.2, -0.15) is 15.0 Å². The summed E-state index contributed by atoms with van der Waals surface area (Å²) in [6.07, 6.45) is 0.966. The monoisotopic (exact) mass is 306 g/mol. The molecule has 2 rings (SSSR count). The number of hydrogen-bond donors (Lipinski definition) is 1. The van der Waals surface area contributed by atoms with Crippen LogP contribution in [0.5, 0.6) is 11.8 Å². The maximum Gasteiger partial charge on any atom is 0.328 e. The molecule has 2 aromatic rings. The molecule has 0 saturated carbocycles. The lowest BCUT2D eigenvalue weighted by Gasteiger charge is -2.23. The van der Waals surface area contributed by atoms with Gasteiger partial charge < -0.3 is 10.5 Å². The van der Waals surface area contributed by atoms with E-state index in [1.54, 1.807) is 0 Å². The van der Waals surface area contributed by atoms with Crippen molar-refractivity contribution in [3.63, 3.8) is 0 Å². The molecule has 0 aliphatic carbocycles. The van der Waals surface area contributed by atoms with Crippen LogP contribution in [-0.2, 0) is 11.8 Å². The van der Waals surface area contributed by atoms with E-state index < -0.39 is 0 Å². The minimum atomic E-state index is -0.0666. The second-order valence-corrected chi connectivity index (χ2v) is 6.12.